The molecule has 0 aliphatic rings. The highest BCUT2D eigenvalue weighted by molar-refractivity contribution is 5.41. The van der Waals surface area contributed by atoms with Crippen molar-refractivity contribution in [2.45, 2.75) is 45.4 Å². The van der Waals surface area contributed by atoms with E-state index in [4.69, 9.17) is 10.00 Å². The van der Waals surface area contributed by atoms with Crippen LogP contribution in [0.15, 0.2) is 18.2 Å². The summed E-state index contributed by atoms with van der Waals surface area (Å²) in [4.78, 5) is 0. The molecule has 0 atom stereocenters. The van der Waals surface area contributed by atoms with E-state index in [2.05, 4.69) is 39.0 Å². The second-order valence-corrected chi connectivity index (χ2v) is 5.30. The molecule has 0 aromatic heterocycles. The third-order valence-corrected chi connectivity index (χ3v) is 2.83. The Kier molecular flexibility index (Phi) is 4.57. The molecule has 1 aromatic carbocycles. The minimum atomic E-state index is 0.0799. The number of methoxy groups -OCH3 is 1. The van der Waals surface area contributed by atoms with Gasteiger partial charge in [-0.05, 0) is 35.4 Å². The van der Waals surface area contributed by atoms with Gasteiger partial charge in [-0.3, -0.25) is 0 Å². The number of hydrogen-bond donors (Lipinski definition) is 0. The van der Waals surface area contributed by atoms with Crippen molar-refractivity contribution in [3.05, 3.63) is 29.3 Å². The molecule has 0 bridgehead atoms. The number of hydrogen-bond acceptors (Lipinski definition) is 2. The number of ether oxygens (including phenoxy) is 1. The third kappa shape index (κ3) is 3.78. The van der Waals surface area contributed by atoms with E-state index in [0.29, 0.717) is 6.42 Å². The molecule has 0 radical (unpaired) electrons. The number of rotatable bonds is 4. The molecule has 0 aliphatic carbocycles. The van der Waals surface area contributed by atoms with Crippen LogP contribution in [0.2, 0.25) is 0 Å². The number of benzene rings is 1. The lowest BCUT2D eigenvalue weighted by Gasteiger charge is -2.23. The van der Waals surface area contributed by atoms with Gasteiger partial charge in [-0.25, -0.2) is 0 Å². The summed E-state index contributed by atoms with van der Waals surface area (Å²) in [5.41, 5.74) is 2.59. The van der Waals surface area contributed by atoms with Crippen LogP contribution >= 0.6 is 0 Å². The van der Waals surface area contributed by atoms with Crippen LogP contribution in [0.1, 0.15) is 44.7 Å². The lowest BCUT2D eigenvalue weighted by Crippen LogP contribution is -2.13. The van der Waals surface area contributed by atoms with Gasteiger partial charge in [-0.1, -0.05) is 32.9 Å². The van der Waals surface area contributed by atoms with Crippen LogP contribution in [0.4, 0.5) is 0 Å². The van der Waals surface area contributed by atoms with Gasteiger partial charge in [0.15, 0.2) is 0 Å². The number of nitriles is 1. The molecular formula is C15H21NO. The zero-order valence-corrected chi connectivity index (χ0v) is 11.2. The van der Waals surface area contributed by atoms with Gasteiger partial charge in [0.2, 0.25) is 0 Å². The average Bonchev–Trinajstić information content (AvgIpc) is 2.28. The van der Waals surface area contributed by atoms with Crippen molar-refractivity contribution in [2.24, 2.45) is 0 Å². The second-order valence-electron chi connectivity index (χ2n) is 5.30. The molecule has 0 amide bonds. The summed E-state index contributed by atoms with van der Waals surface area (Å²) in [6.45, 7) is 6.55. The SMILES string of the molecule is COc1ccc(CCCC#N)cc1C(C)(C)C. The Labute approximate surface area is 104 Å². The summed E-state index contributed by atoms with van der Waals surface area (Å²) in [7, 11) is 1.71. The Morgan fingerprint density at radius 1 is 1.29 bits per heavy atom. The maximum absolute atomic E-state index is 8.54. The maximum atomic E-state index is 8.54. The molecule has 2 nitrogen and oxygen atoms in total. The Morgan fingerprint density at radius 2 is 2.00 bits per heavy atom. The Morgan fingerprint density at radius 3 is 2.53 bits per heavy atom. The largest absolute Gasteiger partial charge is 0.496 e. The summed E-state index contributed by atoms with van der Waals surface area (Å²) in [6, 6.07) is 8.50. The van der Waals surface area contributed by atoms with E-state index >= 15 is 0 Å². The summed E-state index contributed by atoms with van der Waals surface area (Å²) in [5, 5.41) is 8.54. The smallest absolute Gasteiger partial charge is 0.122 e. The first kappa shape index (κ1) is 13.6. The van der Waals surface area contributed by atoms with Crippen molar-refractivity contribution in [1.29, 1.82) is 5.26 Å². The molecule has 17 heavy (non-hydrogen) atoms. The first-order chi connectivity index (χ1) is 7.99. The minimum Gasteiger partial charge on any atom is -0.496 e. The molecule has 1 rings (SSSR count). The first-order valence-electron chi connectivity index (χ1n) is 6.03. The first-order valence-corrected chi connectivity index (χ1v) is 6.03. The number of nitrogens with zero attached hydrogens (tertiary/aromatic N) is 1. The molecule has 1 aromatic rings. The monoisotopic (exact) mass is 231 g/mol. The third-order valence-electron chi connectivity index (χ3n) is 2.83. The van der Waals surface area contributed by atoms with Crippen LogP contribution in [0.3, 0.4) is 0 Å². The second kappa shape index (κ2) is 5.72. The van der Waals surface area contributed by atoms with Crippen LogP contribution in [-0.4, -0.2) is 7.11 Å². The van der Waals surface area contributed by atoms with Crippen LogP contribution in [0.25, 0.3) is 0 Å². The molecule has 0 heterocycles. The highest BCUT2D eigenvalue weighted by atomic mass is 16.5. The van der Waals surface area contributed by atoms with Crippen molar-refractivity contribution in [2.75, 3.05) is 7.11 Å². The van der Waals surface area contributed by atoms with Crippen molar-refractivity contribution in [3.8, 4) is 11.8 Å². The quantitative estimate of drug-likeness (QED) is 0.738. The van der Waals surface area contributed by atoms with Crippen molar-refractivity contribution in [3.63, 3.8) is 0 Å². The van der Waals surface area contributed by atoms with E-state index in [9.17, 15) is 0 Å². The molecular weight excluding hydrogens is 210 g/mol. The molecule has 2 heteroatoms. The highest BCUT2D eigenvalue weighted by Crippen LogP contribution is 2.32. The van der Waals surface area contributed by atoms with E-state index in [1.54, 1.807) is 7.11 Å². The van der Waals surface area contributed by atoms with Gasteiger partial charge in [0, 0.05) is 6.42 Å². The maximum Gasteiger partial charge on any atom is 0.122 e. The van der Waals surface area contributed by atoms with Crippen LogP contribution in [0.5, 0.6) is 5.75 Å². The van der Waals surface area contributed by atoms with E-state index < -0.39 is 0 Å². The summed E-state index contributed by atoms with van der Waals surface area (Å²) in [5.74, 6) is 0.946. The molecule has 0 saturated heterocycles. The van der Waals surface area contributed by atoms with Crippen molar-refractivity contribution >= 4 is 0 Å². The zero-order chi connectivity index (χ0) is 12.9. The highest BCUT2D eigenvalue weighted by Gasteiger charge is 2.18. The van der Waals surface area contributed by atoms with Crippen LogP contribution in [-0.2, 0) is 11.8 Å². The molecule has 0 N–H and O–H groups in total. The van der Waals surface area contributed by atoms with Gasteiger partial charge in [-0.15, -0.1) is 0 Å². The predicted molar refractivity (Wildman–Crippen MR) is 70.2 cm³/mol. The molecule has 92 valence electrons. The molecule has 0 aliphatic heterocycles. The fraction of sp³-hybridized carbons (Fsp3) is 0.533. The van der Waals surface area contributed by atoms with Crippen molar-refractivity contribution in [1.82, 2.24) is 0 Å². The van der Waals surface area contributed by atoms with E-state index in [-0.39, 0.29) is 5.41 Å². The molecule has 0 spiro atoms. The summed E-state index contributed by atoms with van der Waals surface area (Å²) in [6.07, 6.45) is 2.50. The summed E-state index contributed by atoms with van der Waals surface area (Å²) >= 11 is 0. The van der Waals surface area contributed by atoms with Crippen LogP contribution in [0, 0.1) is 11.3 Å². The Bertz CT molecular complexity index is 410. The standard InChI is InChI=1S/C15H21NO/c1-15(2,3)13-11-12(7-5-6-10-16)8-9-14(13)17-4/h8-9,11H,5-7H2,1-4H3. The zero-order valence-electron chi connectivity index (χ0n) is 11.2. The minimum absolute atomic E-state index is 0.0799. The van der Waals surface area contributed by atoms with Gasteiger partial charge < -0.3 is 4.74 Å². The van der Waals surface area contributed by atoms with Gasteiger partial charge in [-0.2, -0.15) is 5.26 Å². The fourth-order valence-electron chi connectivity index (χ4n) is 1.87. The van der Waals surface area contributed by atoms with Crippen LogP contribution < -0.4 is 4.74 Å². The van der Waals surface area contributed by atoms with Gasteiger partial charge in [0.1, 0.15) is 5.75 Å². The fourth-order valence-corrected chi connectivity index (χ4v) is 1.87. The molecule has 0 fully saturated rings. The van der Waals surface area contributed by atoms with Gasteiger partial charge >= 0.3 is 0 Å². The number of unbranched alkanes of at least 4 members (excludes halogenated alkanes) is 1. The molecule has 0 saturated carbocycles. The normalized spacial score (nSPS) is 11.0. The molecule has 0 unspecified atom stereocenters. The van der Waals surface area contributed by atoms with Gasteiger partial charge in [0.05, 0.1) is 13.2 Å². The predicted octanol–water partition coefficient (Wildman–Crippen LogP) is 3.84. The topological polar surface area (TPSA) is 33.0 Å². The number of aryl methyl sites for hydroxylation is 1. The lowest BCUT2D eigenvalue weighted by atomic mass is 9.85. The van der Waals surface area contributed by atoms with E-state index in [0.717, 1.165) is 18.6 Å². The van der Waals surface area contributed by atoms with Crippen molar-refractivity contribution < 1.29 is 4.74 Å². The lowest BCUT2D eigenvalue weighted by molar-refractivity contribution is 0.397. The summed E-state index contributed by atoms with van der Waals surface area (Å²) < 4.78 is 5.40. The van der Waals surface area contributed by atoms with E-state index in [1.807, 2.05) is 6.07 Å². The Hall–Kier alpha value is -1.49. The Balaban J connectivity index is 2.94. The van der Waals surface area contributed by atoms with Gasteiger partial charge in [0.25, 0.3) is 0 Å². The average molecular weight is 231 g/mol. The van der Waals surface area contributed by atoms with E-state index in [1.165, 1.54) is 11.1 Å².